The zero-order valence-electron chi connectivity index (χ0n) is 9.64. The van der Waals surface area contributed by atoms with E-state index < -0.39 is 12.1 Å². The lowest BCUT2D eigenvalue weighted by molar-refractivity contribution is -0.181. The van der Waals surface area contributed by atoms with Crippen LogP contribution in [0.4, 0.5) is 13.2 Å². The van der Waals surface area contributed by atoms with Gasteiger partial charge >= 0.3 is 6.18 Å². The van der Waals surface area contributed by atoms with Crippen LogP contribution in [0.15, 0.2) is 0 Å². The van der Waals surface area contributed by atoms with Gasteiger partial charge in [0.15, 0.2) is 0 Å². The van der Waals surface area contributed by atoms with Gasteiger partial charge in [-0.2, -0.15) is 13.2 Å². The van der Waals surface area contributed by atoms with Crippen molar-refractivity contribution in [2.75, 3.05) is 13.1 Å². The Morgan fingerprint density at radius 3 is 2.33 bits per heavy atom. The zero-order chi connectivity index (χ0) is 11.6. The monoisotopic (exact) mass is 223 g/mol. The Morgan fingerprint density at radius 1 is 1.27 bits per heavy atom. The predicted molar refractivity (Wildman–Crippen MR) is 54.7 cm³/mol. The van der Waals surface area contributed by atoms with E-state index in [1.54, 1.807) is 0 Å². The molecule has 1 nitrogen and oxygen atoms in total. The van der Waals surface area contributed by atoms with Gasteiger partial charge in [0, 0.05) is 12.6 Å². The van der Waals surface area contributed by atoms with Crippen LogP contribution in [-0.2, 0) is 0 Å². The molecule has 0 aliphatic carbocycles. The van der Waals surface area contributed by atoms with Gasteiger partial charge in [-0.25, -0.2) is 0 Å². The topological polar surface area (TPSA) is 3.24 Å². The van der Waals surface area contributed by atoms with Crippen LogP contribution in [0.1, 0.15) is 33.6 Å². The molecule has 0 amide bonds. The molecule has 0 radical (unpaired) electrons. The van der Waals surface area contributed by atoms with Crippen LogP contribution in [0.25, 0.3) is 0 Å². The van der Waals surface area contributed by atoms with Gasteiger partial charge in [-0.1, -0.05) is 6.92 Å². The molecule has 1 aliphatic rings. The van der Waals surface area contributed by atoms with Gasteiger partial charge in [-0.15, -0.1) is 0 Å². The summed E-state index contributed by atoms with van der Waals surface area (Å²) in [4.78, 5) is 1.95. The summed E-state index contributed by atoms with van der Waals surface area (Å²) in [6.07, 6.45) is -2.87. The highest BCUT2D eigenvalue weighted by molar-refractivity contribution is 4.80. The Morgan fingerprint density at radius 2 is 1.87 bits per heavy atom. The highest BCUT2D eigenvalue weighted by atomic mass is 19.4. The fourth-order valence-electron chi connectivity index (χ4n) is 2.14. The van der Waals surface area contributed by atoms with Crippen LogP contribution < -0.4 is 0 Å². The van der Waals surface area contributed by atoms with Crippen LogP contribution >= 0.6 is 0 Å². The first-order valence-corrected chi connectivity index (χ1v) is 5.61. The molecule has 2 atom stereocenters. The third-order valence-electron chi connectivity index (χ3n) is 3.24. The second-order valence-corrected chi connectivity index (χ2v) is 4.96. The van der Waals surface area contributed by atoms with Gasteiger partial charge < -0.3 is 4.90 Å². The second kappa shape index (κ2) is 4.73. The standard InChI is InChI=1S/C11H20F3N/c1-8(2)15-5-4-9(3)6-10(7-15)11(12,13)14/h8-10H,4-7H2,1-3H3. The Kier molecular flexibility index (Phi) is 4.04. The Bertz CT molecular complexity index is 200. The van der Waals surface area contributed by atoms with Gasteiger partial charge in [0.2, 0.25) is 0 Å². The van der Waals surface area contributed by atoms with Crippen molar-refractivity contribution in [2.45, 2.75) is 45.8 Å². The SMILES string of the molecule is CC1CCN(C(C)C)CC(C(F)(F)F)C1. The molecular weight excluding hydrogens is 203 g/mol. The summed E-state index contributed by atoms with van der Waals surface area (Å²) in [6, 6.07) is 0.208. The minimum Gasteiger partial charge on any atom is -0.300 e. The summed E-state index contributed by atoms with van der Waals surface area (Å²) in [7, 11) is 0. The molecule has 90 valence electrons. The fraction of sp³-hybridized carbons (Fsp3) is 1.00. The van der Waals surface area contributed by atoms with Crippen LogP contribution in [0.5, 0.6) is 0 Å². The van der Waals surface area contributed by atoms with Crippen molar-refractivity contribution in [3.05, 3.63) is 0 Å². The maximum atomic E-state index is 12.7. The van der Waals surface area contributed by atoms with E-state index in [9.17, 15) is 13.2 Å². The number of hydrogen-bond donors (Lipinski definition) is 0. The molecule has 1 heterocycles. The quantitative estimate of drug-likeness (QED) is 0.659. The zero-order valence-corrected chi connectivity index (χ0v) is 9.64. The molecule has 0 bridgehead atoms. The van der Waals surface area contributed by atoms with Gasteiger partial charge in [0.05, 0.1) is 5.92 Å². The van der Waals surface area contributed by atoms with E-state index in [1.807, 2.05) is 25.7 Å². The lowest BCUT2D eigenvalue weighted by Crippen LogP contribution is -2.39. The van der Waals surface area contributed by atoms with Crippen molar-refractivity contribution in [1.29, 1.82) is 0 Å². The first-order valence-electron chi connectivity index (χ1n) is 5.61. The van der Waals surface area contributed by atoms with E-state index in [1.165, 1.54) is 0 Å². The van der Waals surface area contributed by atoms with Crippen molar-refractivity contribution in [1.82, 2.24) is 4.90 Å². The van der Waals surface area contributed by atoms with Gasteiger partial charge in [0.1, 0.15) is 0 Å². The van der Waals surface area contributed by atoms with Crippen molar-refractivity contribution in [3.63, 3.8) is 0 Å². The smallest absolute Gasteiger partial charge is 0.300 e. The van der Waals surface area contributed by atoms with Gasteiger partial charge in [-0.05, 0) is 39.2 Å². The molecule has 2 unspecified atom stereocenters. The molecule has 0 N–H and O–H groups in total. The summed E-state index contributed by atoms with van der Waals surface area (Å²) in [5, 5.41) is 0. The maximum Gasteiger partial charge on any atom is 0.393 e. The molecule has 1 fully saturated rings. The molecular formula is C11H20F3N. The average molecular weight is 223 g/mol. The van der Waals surface area contributed by atoms with Crippen LogP contribution in [0.3, 0.4) is 0 Å². The third-order valence-corrected chi connectivity index (χ3v) is 3.24. The molecule has 0 aromatic carbocycles. The second-order valence-electron chi connectivity index (χ2n) is 4.96. The number of likely N-dealkylation sites (tertiary alicyclic amines) is 1. The molecule has 0 saturated carbocycles. The third kappa shape index (κ3) is 3.67. The Labute approximate surface area is 89.6 Å². The largest absolute Gasteiger partial charge is 0.393 e. The minimum atomic E-state index is -4.04. The van der Waals surface area contributed by atoms with E-state index >= 15 is 0 Å². The molecule has 15 heavy (non-hydrogen) atoms. The summed E-state index contributed by atoms with van der Waals surface area (Å²) >= 11 is 0. The van der Waals surface area contributed by atoms with Crippen LogP contribution in [0, 0.1) is 11.8 Å². The highest BCUT2D eigenvalue weighted by Gasteiger charge is 2.42. The molecule has 1 aliphatic heterocycles. The molecule has 1 rings (SSSR count). The molecule has 1 saturated heterocycles. The Hall–Kier alpha value is -0.250. The lowest BCUT2D eigenvalue weighted by Gasteiger charge is -2.28. The molecule has 0 spiro atoms. The predicted octanol–water partition coefficient (Wildman–Crippen LogP) is 3.31. The summed E-state index contributed by atoms with van der Waals surface area (Å²) in [6.45, 7) is 6.81. The molecule has 0 aromatic heterocycles. The minimum absolute atomic E-state index is 0.172. The Balaban J connectivity index is 2.70. The van der Waals surface area contributed by atoms with Crippen molar-refractivity contribution < 1.29 is 13.2 Å². The molecule has 0 aromatic rings. The van der Waals surface area contributed by atoms with Crippen molar-refractivity contribution >= 4 is 0 Å². The van der Waals surface area contributed by atoms with E-state index in [0.717, 1.165) is 13.0 Å². The summed E-state index contributed by atoms with van der Waals surface area (Å²) in [5.41, 5.74) is 0. The first kappa shape index (κ1) is 12.8. The maximum absolute atomic E-state index is 12.7. The van der Waals surface area contributed by atoms with Crippen molar-refractivity contribution in [3.8, 4) is 0 Å². The number of alkyl halides is 3. The van der Waals surface area contributed by atoms with Gasteiger partial charge in [-0.3, -0.25) is 0 Å². The number of halogens is 3. The lowest BCUT2D eigenvalue weighted by atomic mass is 9.95. The van der Waals surface area contributed by atoms with Crippen LogP contribution in [0.2, 0.25) is 0 Å². The summed E-state index contributed by atoms with van der Waals surface area (Å²) in [5.74, 6) is -0.960. The van der Waals surface area contributed by atoms with E-state index in [2.05, 4.69) is 0 Å². The van der Waals surface area contributed by atoms with Crippen molar-refractivity contribution in [2.24, 2.45) is 11.8 Å². The van der Waals surface area contributed by atoms with E-state index in [0.29, 0.717) is 0 Å². The van der Waals surface area contributed by atoms with E-state index in [4.69, 9.17) is 0 Å². The number of hydrogen-bond acceptors (Lipinski definition) is 1. The highest BCUT2D eigenvalue weighted by Crippen LogP contribution is 2.35. The van der Waals surface area contributed by atoms with Gasteiger partial charge in [0.25, 0.3) is 0 Å². The normalized spacial score (nSPS) is 30.6. The fourth-order valence-corrected chi connectivity index (χ4v) is 2.14. The number of nitrogens with zero attached hydrogens (tertiary/aromatic N) is 1. The molecule has 4 heteroatoms. The number of rotatable bonds is 1. The average Bonchev–Trinajstić information content (AvgIpc) is 2.25. The summed E-state index contributed by atoms with van der Waals surface area (Å²) < 4.78 is 38.1. The van der Waals surface area contributed by atoms with E-state index in [-0.39, 0.29) is 24.9 Å². The first-order chi connectivity index (χ1) is 6.80. The van der Waals surface area contributed by atoms with Crippen LogP contribution in [-0.4, -0.2) is 30.2 Å².